The van der Waals surface area contributed by atoms with Crippen LogP contribution in [0.4, 0.5) is 5.82 Å². The number of aromatic nitrogens is 2. The Bertz CT molecular complexity index is 286. The van der Waals surface area contributed by atoms with Crippen LogP contribution in [0, 0.1) is 0 Å². The molecular formula is C9H15N3O. The number of ether oxygens (including phenoxy) is 1. The van der Waals surface area contributed by atoms with Gasteiger partial charge in [0.15, 0.2) is 0 Å². The van der Waals surface area contributed by atoms with Crippen molar-refractivity contribution >= 4 is 5.82 Å². The van der Waals surface area contributed by atoms with E-state index in [0.29, 0.717) is 11.7 Å². The minimum absolute atomic E-state index is 0.208. The molecule has 0 atom stereocenters. The van der Waals surface area contributed by atoms with E-state index < -0.39 is 0 Å². The summed E-state index contributed by atoms with van der Waals surface area (Å²) in [6, 6.07) is 1.62. The summed E-state index contributed by atoms with van der Waals surface area (Å²) in [6.07, 6.45) is 2.31. The van der Waals surface area contributed by atoms with Crippen LogP contribution in [0.25, 0.3) is 0 Å². The highest BCUT2D eigenvalue weighted by Gasteiger charge is 2.17. The van der Waals surface area contributed by atoms with E-state index in [2.05, 4.69) is 16.9 Å². The Hall–Kier alpha value is -1.32. The number of nitrogens with two attached hydrogens (primary N) is 1. The second-order valence-corrected chi connectivity index (χ2v) is 3.50. The molecule has 13 heavy (non-hydrogen) atoms. The molecule has 0 aliphatic heterocycles. The Morgan fingerprint density at radius 1 is 1.46 bits per heavy atom. The molecule has 0 radical (unpaired) electrons. The van der Waals surface area contributed by atoms with Gasteiger partial charge in [0.1, 0.15) is 17.7 Å². The predicted molar refractivity (Wildman–Crippen MR) is 51.4 cm³/mol. The van der Waals surface area contributed by atoms with Crippen molar-refractivity contribution in [1.82, 2.24) is 9.97 Å². The highest BCUT2D eigenvalue weighted by Crippen LogP contribution is 2.18. The molecule has 4 nitrogen and oxygen atoms in total. The van der Waals surface area contributed by atoms with Crippen LogP contribution in [0.3, 0.4) is 0 Å². The van der Waals surface area contributed by atoms with Crippen molar-refractivity contribution < 1.29 is 4.74 Å². The molecule has 0 amide bonds. The lowest BCUT2D eigenvalue weighted by Gasteiger charge is -2.23. The summed E-state index contributed by atoms with van der Waals surface area (Å²) in [5.41, 5.74) is 5.28. The van der Waals surface area contributed by atoms with Gasteiger partial charge in [0, 0.05) is 6.07 Å². The minimum atomic E-state index is -0.208. The van der Waals surface area contributed by atoms with Gasteiger partial charge in [-0.05, 0) is 20.3 Å². The van der Waals surface area contributed by atoms with Gasteiger partial charge in [-0.2, -0.15) is 0 Å². The Kier molecular flexibility index (Phi) is 2.70. The highest BCUT2D eigenvalue weighted by atomic mass is 16.5. The third-order valence-electron chi connectivity index (χ3n) is 1.90. The second kappa shape index (κ2) is 3.60. The zero-order valence-electron chi connectivity index (χ0n) is 8.24. The van der Waals surface area contributed by atoms with Gasteiger partial charge in [-0.25, -0.2) is 9.97 Å². The van der Waals surface area contributed by atoms with Gasteiger partial charge in [-0.3, -0.25) is 0 Å². The van der Waals surface area contributed by atoms with Gasteiger partial charge >= 0.3 is 0 Å². The molecule has 1 heterocycles. The maximum Gasteiger partial charge on any atom is 0.218 e. The molecule has 0 bridgehead atoms. The largest absolute Gasteiger partial charge is 0.472 e. The summed E-state index contributed by atoms with van der Waals surface area (Å²) in [5, 5.41) is 0. The van der Waals surface area contributed by atoms with Crippen molar-refractivity contribution in [3.8, 4) is 5.88 Å². The topological polar surface area (TPSA) is 61.0 Å². The van der Waals surface area contributed by atoms with E-state index in [4.69, 9.17) is 10.5 Å². The van der Waals surface area contributed by atoms with Crippen LogP contribution < -0.4 is 10.5 Å². The third kappa shape index (κ3) is 2.89. The molecule has 2 N–H and O–H groups in total. The van der Waals surface area contributed by atoms with Crippen molar-refractivity contribution in [2.75, 3.05) is 5.73 Å². The van der Waals surface area contributed by atoms with Crippen molar-refractivity contribution in [1.29, 1.82) is 0 Å². The number of anilines is 1. The van der Waals surface area contributed by atoms with Gasteiger partial charge in [0.2, 0.25) is 5.88 Å². The summed E-state index contributed by atoms with van der Waals surface area (Å²) in [6.45, 7) is 6.07. The lowest BCUT2D eigenvalue weighted by atomic mass is 10.1. The molecule has 0 spiro atoms. The van der Waals surface area contributed by atoms with Crippen LogP contribution in [0.5, 0.6) is 5.88 Å². The average molecular weight is 181 g/mol. The van der Waals surface area contributed by atoms with E-state index in [1.807, 2.05) is 13.8 Å². The van der Waals surface area contributed by atoms with E-state index in [1.165, 1.54) is 6.33 Å². The molecule has 4 heteroatoms. The van der Waals surface area contributed by atoms with Crippen LogP contribution in [0.15, 0.2) is 12.4 Å². The van der Waals surface area contributed by atoms with Gasteiger partial charge in [0.25, 0.3) is 0 Å². The first-order valence-corrected chi connectivity index (χ1v) is 4.30. The highest BCUT2D eigenvalue weighted by molar-refractivity contribution is 5.31. The summed E-state index contributed by atoms with van der Waals surface area (Å²) >= 11 is 0. The first-order valence-electron chi connectivity index (χ1n) is 4.30. The molecule has 0 aliphatic carbocycles. The fourth-order valence-electron chi connectivity index (χ4n) is 0.765. The smallest absolute Gasteiger partial charge is 0.218 e. The van der Waals surface area contributed by atoms with Crippen LogP contribution in [-0.2, 0) is 0 Å². The number of nitrogen functional groups attached to an aromatic ring is 1. The third-order valence-corrected chi connectivity index (χ3v) is 1.90. The SMILES string of the molecule is CCC(C)(C)Oc1cc(N)ncn1. The van der Waals surface area contributed by atoms with Crippen molar-refractivity contribution in [3.63, 3.8) is 0 Å². The quantitative estimate of drug-likeness (QED) is 0.769. The zero-order chi connectivity index (χ0) is 9.90. The van der Waals surface area contributed by atoms with Crippen LogP contribution in [0.1, 0.15) is 27.2 Å². The Morgan fingerprint density at radius 3 is 2.69 bits per heavy atom. The van der Waals surface area contributed by atoms with E-state index >= 15 is 0 Å². The monoisotopic (exact) mass is 181 g/mol. The molecule has 1 aromatic rings. The maximum absolute atomic E-state index is 5.60. The molecule has 0 aromatic carbocycles. The fourth-order valence-corrected chi connectivity index (χ4v) is 0.765. The first-order chi connectivity index (χ1) is 6.03. The molecule has 0 unspecified atom stereocenters. The van der Waals surface area contributed by atoms with Gasteiger partial charge in [-0.15, -0.1) is 0 Å². The van der Waals surface area contributed by atoms with Gasteiger partial charge in [-0.1, -0.05) is 6.92 Å². The van der Waals surface area contributed by atoms with Crippen molar-refractivity contribution in [2.24, 2.45) is 0 Å². The molecular weight excluding hydrogens is 166 g/mol. The van der Waals surface area contributed by atoms with E-state index in [0.717, 1.165) is 6.42 Å². The van der Waals surface area contributed by atoms with E-state index in [9.17, 15) is 0 Å². The number of nitrogens with zero attached hydrogens (tertiary/aromatic N) is 2. The lowest BCUT2D eigenvalue weighted by molar-refractivity contribution is 0.0989. The molecule has 1 aromatic heterocycles. The summed E-state index contributed by atoms with van der Waals surface area (Å²) in [5.74, 6) is 0.955. The second-order valence-electron chi connectivity index (χ2n) is 3.50. The number of hydrogen-bond donors (Lipinski definition) is 1. The Morgan fingerprint density at radius 2 is 2.15 bits per heavy atom. The molecule has 1 rings (SSSR count). The summed E-state index contributed by atoms with van der Waals surface area (Å²) in [4.78, 5) is 7.74. The Balaban J connectivity index is 2.74. The normalized spacial score (nSPS) is 11.3. The molecule has 0 fully saturated rings. The van der Waals surface area contributed by atoms with E-state index in [-0.39, 0.29) is 5.60 Å². The molecule has 0 saturated heterocycles. The molecule has 0 aliphatic rings. The molecule has 0 saturated carbocycles. The van der Waals surface area contributed by atoms with Crippen LogP contribution >= 0.6 is 0 Å². The predicted octanol–water partition coefficient (Wildman–Crippen LogP) is 1.63. The minimum Gasteiger partial charge on any atom is -0.472 e. The zero-order valence-corrected chi connectivity index (χ0v) is 8.24. The van der Waals surface area contributed by atoms with Crippen LogP contribution in [0.2, 0.25) is 0 Å². The summed E-state index contributed by atoms with van der Waals surface area (Å²) < 4.78 is 5.60. The van der Waals surface area contributed by atoms with Gasteiger partial charge < -0.3 is 10.5 Å². The first kappa shape index (κ1) is 9.77. The van der Waals surface area contributed by atoms with Crippen LogP contribution in [-0.4, -0.2) is 15.6 Å². The standard InChI is InChI=1S/C9H15N3O/c1-4-9(2,3)13-8-5-7(10)11-6-12-8/h5-6H,4H2,1-3H3,(H2,10,11,12). The van der Waals surface area contributed by atoms with Gasteiger partial charge in [0.05, 0.1) is 0 Å². The van der Waals surface area contributed by atoms with E-state index in [1.54, 1.807) is 6.07 Å². The lowest BCUT2D eigenvalue weighted by Crippen LogP contribution is -2.27. The summed E-state index contributed by atoms with van der Waals surface area (Å²) in [7, 11) is 0. The number of rotatable bonds is 3. The van der Waals surface area contributed by atoms with Crippen molar-refractivity contribution in [2.45, 2.75) is 32.8 Å². The molecule has 72 valence electrons. The number of hydrogen-bond acceptors (Lipinski definition) is 4. The van der Waals surface area contributed by atoms with Crippen molar-refractivity contribution in [3.05, 3.63) is 12.4 Å². The fraction of sp³-hybridized carbons (Fsp3) is 0.556. The maximum atomic E-state index is 5.60. The average Bonchev–Trinajstić information content (AvgIpc) is 2.03. The Labute approximate surface area is 78.1 Å².